The van der Waals surface area contributed by atoms with E-state index in [1.807, 2.05) is 0 Å². The average molecular weight is 452 g/mol. The van der Waals surface area contributed by atoms with Gasteiger partial charge in [-0.05, 0) is 31.5 Å². The molecule has 166 valence electrons. The number of halogens is 1. The predicted octanol–water partition coefficient (Wildman–Crippen LogP) is 2.28. The Labute approximate surface area is 183 Å². The van der Waals surface area contributed by atoms with Gasteiger partial charge in [-0.25, -0.2) is 14.8 Å². The quantitative estimate of drug-likeness (QED) is 0.661. The molecule has 1 saturated heterocycles. The van der Waals surface area contributed by atoms with Gasteiger partial charge in [0.1, 0.15) is 24.7 Å². The van der Waals surface area contributed by atoms with Crippen molar-refractivity contribution in [2.24, 2.45) is 0 Å². The first-order chi connectivity index (χ1) is 14.9. The van der Waals surface area contributed by atoms with Crippen LogP contribution in [-0.2, 0) is 14.3 Å². The van der Waals surface area contributed by atoms with E-state index < -0.39 is 17.8 Å². The van der Waals surface area contributed by atoms with Crippen molar-refractivity contribution in [3.8, 4) is 5.75 Å². The summed E-state index contributed by atoms with van der Waals surface area (Å²) < 4.78 is 15.3. The number of benzene rings is 1. The summed E-state index contributed by atoms with van der Waals surface area (Å²) in [6.45, 7) is 1.68. The van der Waals surface area contributed by atoms with Crippen molar-refractivity contribution >= 4 is 41.0 Å². The third-order valence-corrected chi connectivity index (χ3v) is 4.55. The van der Waals surface area contributed by atoms with E-state index in [1.165, 1.54) is 17.1 Å². The van der Waals surface area contributed by atoms with Gasteiger partial charge in [-0.15, -0.1) is 0 Å². The molecule has 0 radical (unpaired) electrons. The van der Waals surface area contributed by atoms with Gasteiger partial charge in [0.05, 0.1) is 12.8 Å². The molecule has 1 fully saturated rings. The molecule has 2 N–H and O–H groups in total. The Bertz CT molecular complexity index is 965. The summed E-state index contributed by atoms with van der Waals surface area (Å²) in [7, 11) is 1.47. The zero-order chi connectivity index (χ0) is 22.4. The summed E-state index contributed by atoms with van der Waals surface area (Å²) in [6.07, 6.45) is 0.609. The van der Waals surface area contributed by atoms with Gasteiger partial charge in [0.25, 0.3) is 11.8 Å². The second-order valence-corrected chi connectivity index (χ2v) is 7.07. The highest BCUT2D eigenvalue weighted by Gasteiger charge is 2.31. The van der Waals surface area contributed by atoms with E-state index >= 15 is 0 Å². The number of nitrogens with zero attached hydrogens (tertiary/aromatic N) is 3. The minimum atomic E-state index is -0.509. The topological polar surface area (TPSA) is 126 Å². The second-order valence-electron chi connectivity index (χ2n) is 6.63. The number of hydrazine groups is 1. The molecule has 0 unspecified atom stereocenters. The van der Waals surface area contributed by atoms with Crippen LogP contribution in [0.3, 0.4) is 0 Å². The molecule has 2 aromatic rings. The average Bonchev–Trinajstić information content (AvgIpc) is 3.37. The molecule has 0 atom stereocenters. The lowest BCUT2D eigenvalue weighted by Gasteiger charge is -2.28. The summed E-state index contributed by atoms with van der Waals surface area (Å²) in [4.78, 5) is 37.1. The highest BCUT2D eigenvalue weighted by atomic mass is 35.5. The van der Waals surface area contributed by atoms with Crippen molar-refractivity contribution in [3.05, 3.63) is 35.0 Å². The van der Waals surface area contributed by atoms with Gasteiger partial charge in [-0.2, -0.15) is 0 Å². The van der Waals surface area contributed by atoms with Gasteiger partial charge in [-0.3, -0.25) is 9.59 Å². The zero-order valence-corrected chi connectivity index (χ0v) is 17.8. The molecule has 31 heavy (non-hydrogen) atoms. The van der Waals surface area contributed by atoms with E-state index in [2.05, 4.69) is 15.8 Å². The second kappa shape index (κ2) is 10.1. The van der Waals surface area contributed by atoms with Crippen molar-refractivity contribution in [3.63, 3.8) is 0 Å². The van der Waals surface area contributed by atoms with Crippen molar-refractivity contribution < 1.29 is 28.4 Å². The number of methoxy groups -OCH3 is 1. The lowest BCUT2D eigenvalue weighted by atomic mass is 10.3. The summed E-state index contributed by atoms with van der Waals surface area (Å²) in [5.74, 6) is 0.317. The number of amides is 4. The van der Waals surface area contributed by atoms with Crippen molar-refractivity contribution in [2.45, 2.75) is 13.3 Å². The van der Waals surface area contributed by atoms with Gasteiger partial charge >= 0.3 is 6.03 Å². The molecular formula is C19H22ClN5O6. The van der Waals surface area contributed by atoms with Crippen molar-refractivity contribution in [1.29, 1.82) is 0 Å². The SMILES string of the molecule is COc1ccc(Cl)cc1NC(=O)N1CCCN1C(=O)COCC(=O)Nc1cc(C)on1. The van der Waals surface area contributed by atoms with Crippen LogP contribution < -0.4 is 15.4 Å². The number of urea groups is 1. The Morgan fingerprint density at radius 2 is 1.94 bits per heavy atom. The minimum Gasteiger partial charge on any atom is -0.495 e. The first kappa shape index (κ1) is 22.4. The molecule has 0 bridgehead atoms. The number of rotatable bonds is 7. The van der Waals surface area contributed by atoms with Crippen LogP contribution in [0.25, 0.3) is 0 Å². The lowest BCUT2D eigenvalue weighted by Crippen LogP contribution is -2.48. The van der Waals surface area contributed by atoms with Crippen LogP contribution in [0.5, 0.6) is 5.75 Å². The maximum Gasteiger partial charge on any atom is 0.340 e. The molecule has 2 heterocycles. The van der Waals surface area contributed by atoms with E-state index in [1.54, 1.807) is 31.2 Å². The molecule has 1 aromatic heterocycles. The third-order valence-electron chi connectivity index (χ3n) is 4.31. The number of carbonyl (C=O) groups is 3. The van der Waals surface area contributed by atoms with Crippen LogP contribution in [-0.4, -0.2) is 66.4 Å². The van der Waals surface area contributed by atoms with E-state index in [9.17, 15) is 14.4 Å². The predicted molar refractivity (Wildman–Crippen MR) is 111 cm³/mol. The fourth-order valence-electron chi connectivity index (χ4n) is 2.95. The fraction of sp³-hybridized carbons (Fsp3) is 0.368. The molecule has 0 aliphatic carbocycles. The maximum atomic E-state index is 12.7. The normalized spacial score (nSPS) is 13.3. The van der Waals surface area contributed by atoms with Gasteiger partial charge in [-0.1, -0.05) is 16.8 Å². The van der Waals surface area contributed by atoms with Crippen LogP contribution in [0.2, 0.25) is 5.02 Å². The Hall–Kier alpha value is -3.31. The molecule has 0 spiro atoms. The summed E-state index contributed by atoms with van der Waals surface area (Å²) in [5.41, 5.74) is 0.385. The standard InChI is InChI=1S/C19H22ClN5O6/c1-12-8-16(23-31-12)22-17(26)10-30-11-18(27)24-6-3-7-25(24)19(28)21-14-9-13(20)4-5-15(14)29-2/h4-5,8-9H,3,6-7,10-11H2,1-2H3,(H,21,28)(H,22,23,26). The Morgan fingerprint density at radius 3 is 2.65 bits per heavy atom. The molecule has 1 aliphatic rings. The number of anilines is 2. The molecule has 1 aromatic carbocycles. The van der Waals surface area contributed by atoms with Crippen LogP contribution in [0.4, 0.5) is 16.3 Å². The number of hydrogen-bond acceptors (Lipinski definition) is 7. The molecular weight excluding hydrogens is 430 g/mol. The van der Waals surface area contributed by atoms with E-state index in [-0.39, 0.29) is 19.0 Å². The van der Waals surface area contributed by atoms with Gasteiger partial charge in [0, 0.05) is 24.2 Å². The molecule has 0 saturated carbocycles. The number of aryl methyl sites for hydroxylation is 1. The van der Waals surface area contributed by atoms with E-state index in [4.69, 9.17) is 25.6 Å². The van der Waals surface area contributed by atoms with Gasteiger partial charge in [0.15, 0.2) is 5.82 Å². The van der Waals surface area contributed by atoms with Crippen LogP contribution >= 0.6 is 11.6 Å². The highest BCUT2D eigenvalue weighted by molar-refractivity contribution is 6.31. The van der Waals surface area contributed by atoms with Crippen LogP contribution in [0.1, 0.15) is 12.2 Å². The van der Waals surface area contributed by atoms with Crippen LogP contribution in [0.15, 0.2) is 28.8 Å². The molecule has 11 nitrogen and oxygen atoms in total. The smallest absolute Gasteiger partial charge is 0.340 e. The van der Waals surface area contributed by atoms with Crippen molar-refractivity contribution in [2.75, 3.05) is 44.0 Å². The third kappa shape index (κ3) is 5.86. The Balaban J connectivity index is 1.51. The first-order valence-corrected chi connectivity index (χ1v) is 9.78. The Morgan fingerprint density at radius 1 is 1.16 bits per heavy atom. The van der Waals surface area contributed by atoms with Gasteiger partial charge in [0.2, 0.25) is 0 Å². The maximum absolute atomic E-state index is 12.7. The highest BCUT2D eigenvalue weighted by Crippen LogP contribution is 2.28. The van der Waals surface area contributed by atoms with Crippen molar-refractivity contribution in [1.82, 2.24) is 15.2 Å². The van der Waals surface area contributed by atoms with E-state index in [0.29, 0.717) is 41.7 Å². The summed E-state index contributed by atoms with van der Waals surface area (Å²) in [5, 5.41) is 11.8. The first-order valence-electron chi connectivity index (χ1n) is 9.40. The number of aromatic nitrogens is 1. The molecule has 3 rings (SSSR count). The largest absolute Gasteiger partial charge is 0.495 e. The van der Waals surface area contributed by atoms with E-state index in [0.717, 1.165) is 0 Å². The number of nitrogens with one attached hydrogen (secondary N) is 2. The number of carbonyl (C=O) groups excluding carboxylic acids is 3. The lowest BCUT2D eigenvalue weighted by molar-refractivity contribution is -0.145. The van der Waals surface area contributed by atoms with Crippen LogP contribution in [0, 0.1) is 6.92 Å². The minimum absolute atomic E-state index is 0.260. The monoisotopic (exact) mass is 451 g/mol. The zero-order valence-electron chi connectivity index (χ0n) is 17.0. The number of ether oxygens (including phenoxy) is 2. The fourth-order valence-corrected chi connectivity index (χ4v) is 3.12. The molecule has 4 amide bonds. The molecule has 12 heteroatoms. The van der Waals surface area contributed by atoms with Gasteiger partial charge < -0.3 is 24.6 Å². The summed E-state index contributed by atoms with van der Waals surface area (Å²) >= 11 is 5.99. The Kier molecular flexibility index (Phi) is 7.32. The molecule has 1 aliphatic heterocycles. The number of hydrogen-bond donors (Lipinski definition) is 2. The summed E-state index contributed by atoms with van der Waals surface area (Å²) in [6, 6.07) is 5.87.